The minimum atomic E-state index is -0.200. The Morgan fingerprint density at radius 1 is 1.13 bits per heavy atom. The van der Waals surface area contributed by atoms with E-state index in [1.807, 2.05) is 19.1 Å². The van der Waals surface area contributed by atoms with Crippen molar-refractivity contribution >= 4 is 57.4 Å². The largest absolute Gasteiger partial charge is 0.464 e. The fourth-order valence-electron chi connectivity index (χ4n) is 2.30. The zero-order valence-corrected chi connectivity index (χ0v) is 14.4. The maximum absolute atomic E-state index is 12.2. The second-order valence-corrected chi connectivity index (χ2v) is 6.46. The summed E-state index contributed by atoms with van der Waals surface area (Å²) in [5, 5.41) is 5.14. The molecule has 3 rings (SSSR count). The molecule has 0 aliphatic heterocycles. The van der Waals surface area contributed by atoms with Gasteiger partial charge in [-0.1, -0.05) is 34.8 Å². The van der Waals surface area contributed by atoms with Gasteiger partial charge in [0.25, 0.3) is 0 Å². The van der Waals surface area contributed by atoms with E-state index in [1.165, 1.54) is 0 Å². The lowest BCUT2D eigenvalue weighted by molar-refractivity contribution is -0.115. The molecule has 0 fully saturated rings. The molecule has 1 heterocycles. The second-order valence-electron chi connectivity index (χ2n) is 5.21. The first-order valence-corrected chi connectivity index (χ1v) is 7.98. The molecular weight excluding hydrogens is 357 g/mol. The summed E-state index contributed by atoms with van der Waals surface area (Å²) in [6.07, 6.45) is 1.73. The minimum Gasteiger partial charge on any atom is -0.464 e. The van der Waals surface area contributed by atoms with Crippen molar-refractivity contribution in [3.63, 3.8) is 0 Å². The highest BCUT2D eigenvalue weighted by Gasteiger charge is 2.13. The number of halogens is 3. The Kier molecular flexibility index (Phi) is 4.53. The molecule has 0 bridgehead atoms. The van der Waals surface area contributed by atoms with Gasteiger partial charge in [0.1, 0.15) is 5.58 Å². The zero-order valence-electron chi connectivity index (χ0n) is 12.1. The van der Waals surface area contributed by atoms with Gasteiger partial charge in [0.15, 0.2) is 0 Å². The summed E-state index contributed by atoms with van der Waals surface area (Å²) in [7, 11) is 0. The monoisotopic (exact) mass is 367 g/mol. The van der Waals surface area contributed by atoms with Crippen LogP contribution < -0.4 is 5.32 Å². The first-order chi connectivity index (χ1) is 10.9. The van der Waals surface area contributed by atoms with Crippen molar-refractivity contribution in [3.05, 3.63) is 62.8 Å². The van der Waals surface area contributed by atoms with Gasteiger partial charge < -0.3 is 9.73 Å². The molecule has 0 radical (unpaired) electrons. The van der Waals surface area contributed by atoms with Crippen molar-refractivity contribution in [2.24, 2.45) is 0 Å². The number of anilines is 1. The Labute approximate surface area is 148 Å². The van der Waals surface area contributed by atoms with Crippen molar-refractivity contribution in [3.8, 4) is 0 Å². The third-order valence-electron chi connectivity index (χ3n) is 3.49. The molecule has 0 aliphatic carbocycles. The quantitative estimate of drug-likeness (QED) is 0.627. The first-order valence-electron chi connectivity index (χ1n) is 6.85. The van der Waals surface area contributed by atoms with Crippen molar-refractivity contribution in [1.82, 2.24) is 0 Å². The lowest BCUT2D eigenvalue weighted by Gasteiger charge is -2.07. The van der Waals surface area contributed by atoms with Gasteiger partial charge in [0.2, 0.25) is 5.91 Å². The van der Waals surface area contributed by atoms with Crippen LogP contribution in [0.4, 0.5) is 5.69 Å². The zero-order chi connectivity index (χ0) is 16.6. The smallest absolute Gasteiger partial charge is 0.228 e. The van der Waals surface area contributed by atoms with Gasteiger partial charge in [-0.2, -0.15) is 0 Å². The Morgan fingerprint density at radius 3 is 2.65 bits per heavy atom. The van der Waals surface area contributed by atoms with Crippen molar-refractivity contribution in [2.45, 2.75) is 13.3 Å². The van der Waals surface area contributed by atoms with Crippen LogP contribution in [0.1, 0.15) is 11.1 Å². The molecular formula is C17H12Cl3NO2. The highest BCUT2D eigenvalue weighted by atomic mass is 35.5. The number of carbonyl (C=O) groups is 1. The van der Waals surface area contributed by atoms with Gasteiger partial charge >= 0.3 is 0 Å². The van der Waals surface area contributed by atoms with Gasteiger partial charge in [0, 0.05) is 21.0 Å². The van der Waals surface area contributed by atoms with E-state index in [4.69, 9.17) is 39.2 Å². The lowest BCUT2D eigenvalue weighted by atomic mass is 10.1. The van der Waals surface area contributed by atoms with Crippen molar-refractivity contribution < 1.29 is 9.21 Å². The third kappa shape index (κ3) is 3.47. The molecule has 0 aliphatic rings. The topological polar surface area (TPSA) is 42.2 Å². The normalized spacial score (nSPS) is 11.0. The molecule has 0 spiro atoms. The van der Waals surface area contributed by atoms with Crippen LogP contribution in [0, 0.1) is 6.92 Å². The number of hydrogen-bond donors (Lipinski definition) is 1. The lowest BCUT2D eigenvalue weighted by Crippen LogP contribution is -2.14. The van der Waals surface area contributed by atoms with Gasteiger partial charge in [-0.3, -0.25) is 4.79 Å². The number of rotatable bonds is 3. The molecule has 118 valence electrons. The molecule has 1 amide bonds. The van der Waals surface area contributed by atoms with Crippen LogP contribution in [-0.2, 0) is 11.2 Å². The molecule has 3 aromatic rings. The summed E-state index contributed by atoms with van der Waals surface area (Å²) in [6.45, 7) is 1.90. The maximum atomic E-state index is 12.2. The first kappa shape index (κ1) is 16.2. The number of fused-ring (bicyclic) bond motifs is 1. The number of furan rings is 1. The van der Waals surface area contributed by atoms with E-state index in [-0.39, 0.29) is 12.3 Å². The van der Waals surface area contributed by atoms with Crippen LogP contribution in [0.5, 0.6) is 0 Å². The number of nitrogens with one attached hydrogen (secondary N) is 1. The highest BCUT2D eigenvalue weighted by molar-refractivity contribution is 6.36. The molecule has 0 saturated carbocycles. The van der Waals surface area contributed by atoms with Crippen LogP contribution in [-0.4, -0.2) is 5.91 Å². The Morgan fingerprint density at radius 2 is 1.91 bits per heavy atom. The van der Waals surface area contributed by atoms with E-state index < -0.39 is 0 Å². The van der Waals surface area contributed by atoms with Crippen LogP contribution in [0.15, 0.2) is 41.0 Å². The highest BCUT2D eigenvalue weighted by Crippen LogP contribution is 2.29. The van der Waals surface area contributed by atoms with E-state index in [1.54, 1.807) is 24.5 Å². The van der Waals surface area contributed by atoms with Gasteiger partial charge in [-0.15, -0.1) is 0 Å². The van der Waals surface area contributed by atoms with Crippen molar-refractivity contribution in [1.29, 1.82) is 0 Å². The summed E-state index contributed by atoms with van der Waals surface area (Å²) in [5.74, 6) is -0.200. The van der Waals surface area contributed by atoms with Gasteiger partial charge in [-0.25, -0.2) is 0 Å². The summed E-state index contributed by atoms with van der Waals surface area (Å²) in [6, 6.07) is 8.58. The van der Waals surface area contributed by atoms with E-state index >= 15 is 0 Å². The number of amides is 1. The fraction of sp³-hybridized carbons (Fsp3) is 0.118. The SMILES string of the molecule is Cc1cc2occ(CC(=O)Nc3ccc(Cl)cc3Cl)c2cc1Cl. The van der Waals surface area contributed by atoms with Crippen molar-refractivity contribution in [2.75, 3.05) is 5.32 Å². The van der Waals surface area contributed by atoms with E-state index in [2.05, 4.69) is 5.32 Å². The summed E-state index contributed by atoms with van der Waals surface area (Å²) in [5.41, 5.74) is 2.92. The Balaban J connectivity index is 1.81. The number of carbonyl (C=O) groups excluding carboxylic acids is 1. The van der Waals surface area contributed by atoms with Gasteiger partial charge in [-0.05, 0) is 42.8 Å². The van der Waals surface area contributed by atoms with Crippen LogP contribution in [0.2, 0.25) is 15.1 Å². The molecule has 1 N–H and O–H groups in total. The summed E-state index contributed by atoms with van der Waals surface area (Å²) >= 11 is 18.0. The predicted octanol–water partition coefficient (Wildman–Crippen LogP) is 5.88. The average molecular weight is 369 g/mol. The number of benzene rings is 2. The Bertz CT molecular complexity index is 902. The standard InChI is InChI=1S/C17H12Cl3NO2/c1-9-4-16-12(7-13(9)19)10(8-23-16)5-17(22)21-15-3-2-11(18)6-14(15)20/h2-4,6-8H,5H2,1H3,(H,21,22). The van der Waals surface area contributed by atoms with E-state index in [0.29, 0.717) is 26.3 Å². The van der Waals surface area contributed by atoms with E-state index in [9.17, 15) is 4.79 Å². The van der Waals surface area contributed by atoms with Crippen LogP contribution in [0.3, 0.4) is 0 Å². The van der Waals surface area contributed by atoms with Crippen LogP contribution >= 0.6 is 34.8 Å². The molecule has 23 heavy (non-hydrogen) atoms. The Hall–Kier alpha value is -1.68. The molecule has 1 aromatic heterocycles. The minimum absolute atomic E-state index is 0.158. The number of hydrogen-bond acceptors (Lipinski definition) is 2. The molecule has 0 atom stereocenters. The molecule has 0 unspecified atom stereocenters. The predicted molar refractivity (Wildman–Crippen MR) is 94.8 cm³/mol. The summed E-state index contributed by atoms with van der Waals surface area (Å²) in [4.78, 5) is 12.2. The van der Waals surface area contributed by atoms with Crippen LogP contribution in [0.25, 0.3) is 11.0 Å². The molecule has 2 aromatic carbocycles. The van der Waals surface area contributed by atoms with Gasteiger partial charge in [0.05, 0.1) is 23.4 Å². The average Bonchev–Trinajstić information content (AvgIpc) is 2.85. The van der Waals surface area contributed by atoms with E-state index in [0.717, 1.165) is 16.5 Å². The third-order valence-corrected chi connectivity index (χ3v) is 4.45. The number of aryl methyl sites for hydroxylation is 1. The molecule has 6 heteroatoms. The fourth-order valence-corrected chi connectivity index (χ4v) is 2.92. The second kappa shape index (κ2) is 6.44. The molecule has 0 saturated heterocycles. The molecule has 3 nitrogen and oxygen atoms in total. The maximum Gasteiger partial charge on any atom is 0.228 e. The summed E-state index contributed by atoms with van der Waals surface area (Å²) < 4.78 is 5.49.